The molecule has 11 heteroatoms. The first-order valence-corrected chi connectivity index (χ1v) is 16.7. The molecule has 6 atom stereocenters. The Morgan fingerprint density at radius 2 is 1.68 bits per heavy atom. The first kappa shape index (κ1) is 31.6. The predicted molar refractivity (Wildman–Crippen MR) is 177 cm³/mol. The molecule has 7 rings (SSSR count). The third-order valence-electron chi connectivity index (χ3n) is 10.6. The van der Waals surface area contributed by atoms with Gasteiger partial charge in [-0.05, 0) is 80.1 Å². The highest BCUT2D eigenvalue weighted by Gasteiger charge is 2.68. The lowest BCUT2D eigenvalue weighted by Crippen LogP contribution is -2.49. The summed E-state index contributed by atoms with van der Waals surface area (Å²) in [5.74, 6) is -6.21. The molecule has 242 valence electrons. The molecule has 0 radical (unpaired) electrons. The fourth-order valence-corrected chi connectivity index (χ4v) is 8.96. The average Bonchev–Trinajstić information content (AvgIpc) is 3.43. The number of fused-ring (bicyclic) bond motifs is 4. The van der Waals surface area contributed by atoms with Crippen molar-refractivity contribution in [3.63, 3.8) is 0 Å². The van der Waals surface area contributed by atoms with E-state index in [0.29, 0.717) is 21.3 Å². The Morgan fingerprint density at radius 3 is 2.34 bits per heavy atom. The zero-order valence-corrected chi connectivity index (χ0v) is 28.1. The summed E-state index contributed by atoms with van der Waals surface area (Å²) in [6.45, 7) is 3.72. The van der Waals surface area contributed by atoms with Gasteiger partial charge in [0.15, 0.2) is 11.5 Å². The number of phenolic OH excluding ortho intramolecular Hbond substituents is 1. The topological polar surface area (TPSA) is 104 Å². The van der Waals surface area contributed by atoms with E-state index in [1.165, 1.54) is 24.1 Å². The van der Waals surface area contributed by atoms with E-state index in [2.05, 4.69) is 15.9 Å². The zero-order chi connectivity index (χ0) is 33.5. The molecule has 0 aromatic heterocycles. The van der Waals surface area contributed by atoms with Crippen LogP contribution in [0.4, 0.5) is 15.8 Å². The number of aryl methyl sites for hydroxylation is 1. The van der Waals surface area contributed by atoms with E-state index in [0.717, 1.165) is 23.0 Å². The maximum absolute atomic E-state index is 14.6. The number of amides is 4. The number of ether oxygens (including phenoxy) is 1. The molecule has 2 aliphatic carbocycles. The molecule has 2 aliphatic heterocycles. The monoisotopic (exact) mass is 720 g/mol. The van der Waals surface area contributed by atoms with Gasteiger partial charge < -0.3 is 9.84 Å². The van der Waals surface area contributed by atoms with Gasteiger partial charge in [0, 0.05) is 16.0 Å². The Balaban J connectivity index is 1.39. The standard InChI is InChI=1S/C36H31BrClFN2O6/c1-4-17-5-7-19(8-6-17)40-32(43)22-11-10-21-23(29(22)34(40)45)16-25-33(44)41(20-9-12-27(39)26(38)15-20)35(46)36(25,2)30(21)24-13-18(37)14-28(47-3)31(24)42/h5-10,12-15,22-23,25,29-30,42H,4,11,16H2,1-3H3. The largest absolute Gasteiger partial charge is 0.504 e. The Hall–Kier alpha value is -4.02. The summed E-state index contributed by atoms with van der Waals surface area (Å²) in [5, 5.41) is 11.3. The molecule has 2 saturated heterocycles. The minimum absolute atomic E-state index is 0.125. The van der Waals surface area contributed by atoms with Gasteiger partial charge in [0.1, 0.15) is 5.82 Å². The van der Waals surface area contributed by atoms with Crippen molar-refractivity contribution < 1.29 is 33.4 Å². The van der Waals surface area contributed by atoms with Crippen molar-refractivity contribution in [2.45, 2.75) is 39.0 Å². The van der Waals surface area contributed by atoms with Crippen LogP contribution in [-0.4, -0.2) is 35.8 Å². The van der Waals surface area contributed by atoms with Crippen LogP contribution in [0.2, 0.25) is 5.02 Å². The number of halogens is 3. The average molecular weight is 722 g/mol. The van der Waals surface area contributed by atoms with Gasteiger partial charge in [-0.25, -0.2) is 9.29 Å². The number of allylic oxidation sites excluding steroid dienone is 2. The van der Waals surface area contributed by atoms with Crippen molar-refractivity contribution in [3.05, 3.63) is 92.7 Å². The third kappa shape index (κ3) is 4.51. The molecule has 6 unspecified atom stereocenters. The lowest BCUT2D eigenvalue weighted by atomic mass is 9.51. The van der Waals surface area contributed by atoms with Gasteiger partial charge in [-0.15, -0.1) is 0 Å². The van der Waals surface area contributed by atoms with Crippen LogP contribution in [0.5, 0.6) is 11.5 Å². The first-order chi connectivity index (χ1) is 22.4. The second kappa shape index (κ2) is 11.3. The number of hydrogen-bond donors (Lipinski definition) is 1. The van der Waals surface area contributed by atoms with E-state index in [-0.39, 0.29) is 46.9 Å². The number of rotatable bonds is 5. The molecular weight excluding hydrogens is 691 g/mol. The van der Waals surface area contributed by atoms with Crippen molar-refractivity contribution in [3.8, 4) is 11.5 Å². The summed E-state index contributed by atoms with van der Waals surface area (Å²) in [5.41, 5.74) is 1.33. The third-order valence-corrected chi connectivity index (χ3v) is 11.4. The van der Waals surface area contributed by atoms with Gasteiger partial charge in [-0.3, -0.25) is 24.1 Å². The van der Waals surface area contributed by atoms with Gasteiger partial charge >= 0.3 is 0 Å². The van der Waals surface area contributed by atoms with Gasteiger partial charge in [-0.1, -0.05) is 58.2 Å². The molecule has 4 amide bonds. The second-order valence-corrected chi connectivity index (χ2v) is 14.2. The molecule has 3 fully saturated rings. The number of methoxy groups -OCH3 is 1. The van der Waals surface area contributed by atoms with Crippen LogP contribution in [0, 0.1) is 34.9 Å². The SMILES string of the molecule is CCc1ccc(N2C(=O)C3CC=C4C(CC5C(=O)N(c6ccc(F)c(Cl)c6)C(=O)C5(C)C4c4cc(Br)cc(OC)c4O)C3C2=O)cc1. The number of hydrogen-bond acceptors (Lipinski definition) is 6. The maximum Gasteiger partial charge on any atom is 0.241 e. The summed E-state index contributed by atoms with van der Waals surface area (Å²) in [4.78, 5) is 59.4. The highest BCUT2D eigenvalue weighted by molar-refractivity contribution is 9.10. The number of carbonyl (C=O) groups is 4. The summed E-state index contributed by atoms with van der Waals surface area (Å²) >= 11 is 9.58. The van der Waals surface area contributed by atoms with Gasteiger partial charge in [0.25, 0.3) is 0 Å². The van der Waals surface area contributed by atoms with Crippen LogP contribution < -0.4 is 14.5 Å². The number of phenols is 1. The highest BCUT2D eigenvalue weighted by atomic mass is 79.9. The van der Waals surface area contributed by atoms with E-state index >= 15 is 0 Å². The number of carbonyl (C=O) groups excluding carboxylic acids is 4. The minimum Gasteiger partial charge on any atom is -0.504 e. The Kier molecular flexibility index (Phi) is 7.59. The Bertz CT molecular complexity index is 1910. The summed E-state index contributed by atoms with van der Waals surface area (Å²) in [6, 6.07) is 14.3. The summed E-state index contributed by atoms with van der Waals surface area (Å²) in [7, 11) is 1.42. The molecule has 1 N–H and O–H groups in total. The quantitative estimate of drug-likeness (QED) is 0.226. The highest BCUT2D eigenvalue weighted by Crippen LogP contribution is 2.65. The van der Waals surface area contributed by atoms with E-state index in [1.54, 1.807) is 31.2 Å². The van der Waals surface area contributed by atoms with Crippen molar-refractivity contribution in [2.24, 2.45) is 29.1 Å². The molecule has 47 heavy (non-hydrogen) atoms. The van der Waals surface area contributed by atoms with Crippen LogP contribution in [0.1, 0.15) is 43.7 Å². The molecule has 3 aromatic carbocycles. The van der Waals surface area contributed by atoms with Crippen LogP contribution in [0.25, 0.3) is 0 Å². The van der Waals surface area contributed by atoms with Gasteiger partial charge in [0.2, 0.25) is 23.6 Å². The molecule has 4 aliphatic rings. The first-order valence-electron chi connectivity index (χ1n) is 15.5. The molecule has 0 bridgehead atoms. The summed E-state index contributed by atoms with van der Waals surface area (Å²) in [6.07, 6.45) is 3.11. The van der Waals surface area contributed by atoms with Crippen molar-refractivity contribution in [2.75, 3.05) is 16.9 Å². The van der Waals surface area contributed by atoms with Crippen molar-refractivity contribution in [1.29, 1.82) is 0 Å². The number of benzene rings is 3. The van der Waals surface area contributed by atoms with Crippen LogP contribution in [0.3, 0.4) is 0 Å². The number of aromatic hydroxyl groups is 1. The molecule has 8 nitrogen and oxygen atoms in total. The predicted octanol–water partition coefficient (Wildman–Crippen LogP) is 6.95. The molecule has 2 heterocycles. The van der Waals surface area contributed by atoms with E-state index in [4.69, 9.17) is 16.3 Å². The van der Waals surface area contributed by atoms with Crippen LogP contribution in [-0.2, 0) is 25.6 Å². The number of anilines is 2. The molecule has 0 spiro atoms. The van der Waals surface area contributed by atoms with Crippen LogP contribution >= 0.6 is 27.5 Å². The normalized spacial score (nSPS) is 28.3. The summed E-state index contributed by atoms with van der Waals surface area (Å²) < 4.78 is 20.2. The molecular formula is C36H31BrClFN2O6. The van der Waals surface area contributed by atoms with Crippen molar-refractivity contribution in [1.82, 2.24) is 0 Å². The number of imide groups is 2. The molecule has 1 saturated carbocycles. The van der Waals surface area contributed by atoms with E-state index < -0.39 is 52.6 Å². The lowest BCUT2D eigenvalue weighted by Gasteiger charge is -2.49. The smallest absolute Gasteiger partial charge is 0.241 e. The minimum atomic E-state index is -1.42. The fraction of sp³-hybridized carbons (Fsp3) is 0.333. The van der Waals surface area contributed by atoms with E-state index in [1.807, 2.05) is 25.1 Å². The van der Waals surface area contributed by atoms with Crippen molar-refractivity contribution >= 4 is 62.5 Å². The van der Waals surface area contributed by atoms with E-state index in [9.17, 15) is 28.7 Å². The lowest BCUT2D eigenvalue weighted by molar-refractivity contribution is -0.131. The fourth-order valence-electron chi connectivity index (χ4n) is 8.33. The Labute approximate surface area is 284 Å². The number of nitrogens with zero attached hydrogens (tertiary/aromatic N) is 2. The van der Waals surface area contributed by atoms with Crippen LogP contribution in [0.15, 0.2) is 70.7 Å². The van der Waals surface area contributed by atoms with Gasteiger partial charge in [0.05, 0.1) is 46.7 Å². The zero-order valence-electron chi connectivity index (χ0n) is 25.8. The Morgan fingerprint density at radius 1 is 0.979 bits per heavy atom. The second-order valence-electron chi connectivity index (χ2n) is 12.8. The maximum atomic E-state index is 14.6. The van der Waals surface area contributed by atoms with Gasteiger partial charge in [-0.2, -0.15) is 0 Å². The molecule has 3 aromatic rings.